The first-order valence-corrected chi connectivity index (χ1v) is 5.84. The zero-order valence-electron chi connectivity index (χ0n) is 10.7. The number of carbonyl (C=O) groups excluding carboxylic acids is 2. The van der Waals surface area contributed by atoms with Crippen molar-refractivity contribution in [2.45, 2.75) is 25.4 Å². The molecule has 98 valence electrons. The molecule has 2 N–H and O–H groups in total. The number of rotatable bonds is 4. The van der Waals surface area contributed by atoms with Crippen LogP contribution in [0.2, 0.25) is 0 Å². The lowest BCUT2D eigenvalue weighted by Crippen LogP contribution is -2.48. The highest BCUT2D eigenvalue weighted by Gasteiger charge is 2.33. The van der Waals surface area contributed by atoms with Crippen LogP contribution in [0.4, 0.5) is 0 Å². The molecule has 0 aromatic heterocycles. The van der Waals surface area contributed by atoms with Gasteiger partial charge in [-0.3, -0.25) is 4.79 Å². The molecule has 0 aromatic rings. The average molecular weight is 243 g/mol. The van der Waals surface area contributed by atoms with Crippen LogP contribution in [0, 0.1) is 0 Å². The molecule has 1 rings (SSSR count). The Labute approximate surface area is 102 Å². The number of hydrogen-bond donors (Lipinski definition) is 1. The number of carbonyl (C=O) groups is 2. The Morgan fingerprint density at radius 1 is 1.53 bits per heavy atom. The first-order valence-electron chi connectivity index (χ1n) is 5.84. The van der Waals surface area contributed by atoms with Crippen molar-refractivity contribution in [2.75, 3.05) is 33.8 Å². The van der Waals surface area contributed by atoms with Crippen LogP contribution in [0.15, 0.2) is 0 Å². The second-order valence-corrected chi connectivity index (χ2v) is 4.42. The van der Waals surface area contributed by atoms with E-state index < -0.39 is 12.0 Å². The fraction of sp³-hybridized carbons (Fsp3) is 0.818. The van der Waals surface area contributed by atoms with Gasteiger partial charge >= 0.3 is 5.97 Å². The van der Waals surface area contributed by atoms with Crippen LogP contribution < -0.4 is 5.73 Å². The van der Waals surface area contributed by atoms with E-state index in [-0.39, 0.29) is 12.5 Å². The standard InChI is InChI=1S/C11H21N3O3/c1-4-17-11(16)9(12)10(15)14-6-5-8(7-14)13(2)3/h8-9H,4-7,12H2,1-3H3. The minimum Gasteiger partial charge on any atom is -0.464 e. The quantitative estimate of drug-likeness (QED) is 0.508. The van der Waals surface area contributed by atoms with Crippen LogP contribution in [-0.4, -0.2) is 67.6 Å². The van der Waals surface area contributed by atoms with E-state index in [1.807, 2.05) is 14.1 Å². The number of nitrogens with two attached hydrogens (primary N) is 1. The summed E-state index contributed by atoms with van der Waals surface area (Å²) in [6.07, 6.45) is 0.911. The van der Waals surface area contributed by atoms with Gasteiger partial charge in [0.05, 0.1) is 6.61 Å². The predicted octanol–water partition coefficient (Wildman–Crippen LogP) is -0.961. The molecule has 0 spiro atoms. The smallest absolute Gasteiger partial charge is 0.332 e. The summed E-state index contributed by atoms with van der Waals surface area (Å²) in [7, 11) is 3.95. The van der Waals surface area contributed by atoms with Gasteiger partial charge in [0.1, 0.15) is 0 Å². The third kappa shape index (κ3) is 3.41. The molecule has 2 atom stereocenters. The molecule has 17 heavy (non-hydrogen) atoms. The fourth-order valence-corrected chi connectivity index (χ4v) is 1.89. The van der Waals surface area contributed by atoms with E-state index in [0.29, 0.717) is 19.1 Å². The van der Waals surface area contributed by atoms with Gasteiger partial charge in [-0.25, -0.2) is 4.79 Å². The highest BCUT2D eigenvalue weighted by Crippen LogP contribution is 2.14. The van der Waals surface area contributed by atoms with Crippen molar-refractivity contribution in [1.29, 1.82) is 0 Å². The topological polar surface area (TPSA) is 75.9 Å². The molecular weight excluding hydrogens is 222 g/mol. The van der Waals surface area contributed by atoms with Crippen molar-refractivity contribution >= 4 is 11.9 Å². The SMILES string of the molecule is CCOC(=O)C(N)C(=O)N1CCC(N(C)C)C1. The van der Waals surface area contributed by atoms with Crippen molar-refractivity contribution in [3.05, 3.63) is 0 Å². The molecule has 0 bridgehead atoms. The van der Waals surface area contributed by atoms with Gasteiger partial charge < -0.3 is 20.3 Å². The Hall–Kier alpha value is -1.14. The van der Waals surface area contributed by atoms with E-state index in [9.17, 15) is 9.59 Å². The Morgan fingerprint density at radius 3 is 2.65 bits per heavy atom. The molecule has 1 aliphatic rings. The highest BCUT2D eigenvalue weighted by molar-refractivity contribution is 6.01. The van der Waals surface area contributed by atoms with Crippen LogP contribution in [0.25, 0.3) is 0 Å². The fourth-order valence-electron chi connectivity index (χ4n) is 1.89. The molecule has 1 aliphatic heterocycles. The average Bonchev–Trinajstić information content (AvgIpc) is 2.76. The summed E-state index contributed by atoms with van der Waals surface area (Å²) >= 11 is 0. The Morgan fingerprint density at radius 2 is 2.18 bits per heavy atom. The Bertz CT molecular complexity index is 294. The van der Waals surface area contributed by atoms with Crippen LogP contribution in [0.5, 0.6) is 0 Å². The molecule has 1 fully saturated rings. The van der Waals surface area contributed by atoms with E-state index in [0.717, 1.165) is 6.42 Å². The number of esters is 1. The maximum Gasteiger partial charge on any atom is 0.332 e. The first-order chi connectivity index (χ1) is 7.97. The van der Waals surface area contributed by atoms with Gasteiger partial charge in [0, 0.05) is 19.1 Å². The van der Waals surface area contributed by atoms with E-state index in [4.69, 9.17) is 10.5 Å². The largest absolute Gasteiger partial charge is 0.464 e. The molecule has 0 aromatic carbocycles. The second kappa shape index (κ2) is 5.97. The predicted molar refractivity (Wildman–Crippen MR) is 63.3 cm³/mol. The summed E-state index contributed by atoms with van der Waals surface area (Å²) in [5, 5.41) is 0. The third-order valence-corrected chi connectivity index (χ3v) is 3.01. The number of likely N-dealkylation sites (N-methyl/N-ethyl adjacent to an activating group) is 1. The molecule has 1 saturated heterocycles. The zero-order valence-corrected chi connectivity index (χ0v) is 10.7. The summed E-state index contributed by atoms with van der Waals surface area (Å²) in [6, 6.07) is -0.843. The van der Waals surface area contributed by atoms with Crippen molar-refractivity contribution in [1.82, 2.24) is 9.80 Å². The van der Waals surface area contributed by atoms with E-state index in [1.54, 1.807) is 11.8 Å². The van der Waals surface area contributed by atoms with Crippen molar-refractivity contribution in [3.63, 3.8) is 0 Å². The molecule has 2 unspecified atom stereocenters. The summed E-state index contributed by atoms with van der Waals surface area (Å²) in [6.45, 7) is 3.20. The number of nitrogens with zero attached hydrogens (tertiary/aromatic N) is 2. The van der Waals surface area contributed by atoms with E-state index in [2.05, 4.69) is 4.90 Å². The van der Waals surface area contributed by atoms with Gasteiger partial charge in [-0.05, 0) is 27.4 Å². The van der Waals surface area contributed by atoms with Crippen molar-refractivity contribution in [3.8, 4) is 0 Å². The monoisotopic (exact) mass is 243 g/mol. The zero-order chi connectivity index (χ0) is 13.0. The second-order valence-electron chi connectivity index (χ2n) is 4.42. The van der Waals surface area contributed by atoms with Crippen LogP contribution in [0.3, 0.4) is 0 Å². The van der Waals surface area contributed by atoms with Crippen LogP contribution in [0.1, 0.15) is 13.3 Å². The van der Waals surface area contributed by atoms with Gasteiger partial charge in [-0.2, -0.15) is 0 Å². The summed E-state index contributed by atoms with van der Waals surface area (Å²) < 4.78 is 4.74. The summed E-state index contributed by atoms with van der Waals surface area (Å²) in [5.74, 6) is -0.987. The van der Waals surface area contributed by atoms with Gasteiger partial charge in [0.15, 0.2) is 6.04 Å². The lowest BCUT2D eigenvalue weighted by Gasteiger charge is -2.22. The molecule has 6 heteroatoms. The molecule has 1 heterocycles. The molecule has 6 nitrogen and oxygen atoms in total. The third-order valence-electron chi connectivity index (χ3n) is 3.01. The molecular formula is C11H21N3O3. The number of ether oxygens (including phenoxy) is 1. The number of likely N-dealkylation sites (tertiary alicyclic amines) is 1. The maximum absolute atomic E-state index is 11.9. The normalized spacial score (nSPS) is 21.7. The minimum atomic E-state index is -1.18. The maximum atomic E-state index is 11.9. The number of amides is 1. The van der Waals surface area contributed by atoms with Crippen molar-refractivity contribution < 1.29 is 14.3 Å². The van der Waals surface area contributed by atoms with E-state index in [1.165, 1.54) is 0 Å². The van der Waals surface area contributed by atoms with Crippen molar-refractivity contribution in [2.24, 2.45) is 5.73 Å². The molecule has 0 radical (unpaired) electrons. The van der Waals surface area contributed by atoms with E-state index >= 15 is 0 Å². The molecule has 0 saturated carbocycles. The van der Waals surface area contributed by atoms with Crippen LogP contribution in [-0.2, 0) is 14.3 Å². The van der Waals surface area contributed by atoms with Crippen LogP contribution >= 0.6 is 0 Å². The number of hydrogen-bond acceptors (Lipinski definition) is 5. The lowest BCUT2D eigenvalue weighted by atomic mass is 10.2. The molecule has 1 amide bonds. The Kier molecular flexibility index (Phi) is 4.89. The first kappa shape index (κ1) is 13.9. The lowest BCUT2D eigenvalue weighted by molar-refractivity contribution is -0.150. The molecule has 0 aliphatic carbocycles. The Balaban J connectivity index is 2.51. The van der Waals surface area contributed by atoms with Gasteiger partial charge in [0.2, 0.25) is 0 Å². The van der Waals surface area contributed by atoms with Gasteiger partial charge in [0.25, 0.3) is 5.91 Å². The summed E-state index contributed by atoms with van der Waals surface area (Å²) in [4.78, 5) is 27.0. The van der Waals surface area contributed by atoms with Gasteiger partial charge in [-0.15, -0.1) is 0 Å². The summed E-state index contributed by atoms with van der Waals surface area (Å²) in [5.41, 5.74) is 5.57. The van der Waals surface area contributed by atoms with Gasteiger partial charge in [-0.1, -0.05) is 0 Å². The minimum absolute atomic E-state index is 0.236. The highest BCUT2D eigenvalue weighted by atomic mass is 16.5.